The monoisotopic (exact) mass is 573 g/mol. The molecule has 1 aliphatic carbocycles. The number of rotatable bonds is 5. The third kappa shape index (κ3) is 4.25. The summed E-state index contributed by atoms with van der Waals surface area (Å²) in [6, 6.07) is 11.6. The van der Waals surface area contributed by atoms with Crippen LogP contribution in [-0.4, -0.2) is 69.4 Å². The summed E-state index contributed by atoms with van der Waals surface area (Å²) in [5.74, 6) is 1.45. The molecule has 0 amide bonds. The zero-order valence-electron chi connectivity index (χ0n) is 22.9. The molecule has 1 saturated carbocycles. The molecule has 4 atom stereocenters. The molecule has 41 heavy (non-hydrogen) atoms. The molecule has 3 saturated heterocycles. The van der Waals surface area contributed by atoms with Gasteiger partial charge in [-0.25, -0.2) is 4.39 Å². The fraction of sp³-hybridized carbons (Fsp3) is 0.469. The summed E-state index contributed by atoms with van der Waals surface area (Å²) < 4.78 is 22.9. The van der Waals surface area contributed by atoms with Gasteiger partial charge in [-0.1, -0.05) is 41.9 Å². The Hall–Kier alpha value is -3.07. The number of benzene rings is 2. The Bertz CT molecular complexity index is 1650. The van der Waals surface area contributed by atoms with Gasteiger partial charge in [-0.15, -0.1) is 0 Å². The topological polar surface area (TPSA) is 74.6 Å². The van der Waals surface area contributed by atoms with E-state index in [-0.39, 0.29) is 28.9 Å². The molecule has 4 fully saturated rings. The quantitative estimate of drug-likeness (QED) is 0.321. The fourth-order valence-electron chi connectivity index (χ4n) is 8.08. The first-order valence-corrected chi connectivity index (χ1v) is 15.2. The van der Waals surface area contributed by atoms with Crippen LogP contribution in [0, 0.1) is 17.7 Å². The first-order valence-electron chi connectivity index (χ1n) is 14.8. The normalized spacial score (nSPS) is 27.7. The lowest BCUT2D eigenvalue weighted by Crippen LogP contribution is -2.43. The van der Waals surface area contributed by atoms with Crippen molar-refractivity contribution in [1.29, 1.82) is 0 Å². The molecular weight excluding hydrogens is 541 g/mol. The number of aliphatic hydroxyl groups is 1. The molecule has 7 nitrogen and oxygen atoms in total. The number of hydrogen-bond acceptors (Lipinski definition) is 7. The van der Waals surface area contributed by atoms with Crippen molar-refractivity contribution in [1.82, 2.24) is 19.9 Å². The first kappa shape index (κ1) is 25.6. The number of aromatic nitrogens is 3. The number of ether oxygens (including phenoxy) is 1. The second kappa shape index (κ2) is 9.75. The lowest BCUT2D eigenvalue weighted by Gasteiger charge is -2.34. The van der Waals surface area contributed by atoms with Crippen LogP contribution in [0.3, 0.4) is 0 Å². The minimum Gasteiger partial charge on any atom is -0.461 e. The first-order chi connectivity index (χ1) is 20.0. The van der Waals surface area contributed by atoms with Gasteiger partial charge in [0.15, 0.2) is 5.82 Å². The lowest BCUT2D eigenvalue weighted by molar-refractivity contribution is 0.107. The number of fused-ring (bicyclic) bond motifs is 5. The second-order valence-electron chi connectivity index (χ2n) is 12.5. The molecule has 2 unspecified atom stereocenters. The van der Waals surface area contributed by atoms with Crippen molar-refractivity contribution < 1.29 is 14.2 Å². The molecule has 4 aromatic rings. The maximum absolute atomic E-state index is 16.6. The van der Waals surface area contributed by atoms with Crippen LogP contribution in [0.25, 0.3) is 32.9 Å². The molecule has 5 heterocycles. The van der Waals surface area contributed by atoms with E-state index in [0.29, 0.717) is 53.2 Å². The minimum absolute atomic E-state index is 0.181. The van der Waals surface area contributed by atoms with Crippen LogP contribution < -0.4 is 9.64 Å². The summed E-state index contributed by atoms with van der Waals surface area (Å²) in [6.45, 7) is 3.79. The zero-order chi connectivity index (χ0) is 27.7. The van der Waals surface area contributed by atoms with Gasteiger partial charge >= 0.3 is 6.01 Å². The van der Waals surface area contributed by atoms with Crippen LogP contribution in [0.15, 0.2) is 42.6 Å². The summed E-state index contributed by atoms with van der Waals surface area (Å²) in [5, 5.41) is 13.2. The molecule has 1 N–H and O–H groups in total. The van der Waals surface area contributed by atoms with E-state index >= 15 is 4.39 Å². The highest BCUT2D eigenvalue weighted by Gasteiger charge is 2.48. The van der Waals surface area contributed by atoms with Crippen LogP contribution in [0.5, 0.6) is 6.01 Å². The number of β-amino-alcohol motifs (C(OH)–C–C–N with tert-alkyl or cyclic N) is 1. The predicted octanol–water partition coefficient (Wildman–Crippen LogP) is 5.85. The van der Waals surface area contributed by atoms with E-state index in [9.17, 15) is 5.11 Å². The van der Waals surface area contributed by atoms with Crippen molar-refractivity contribution >= 4 is 39.1 Å². The van der Waals surface area contributed by atoms with Crippen molar-refractivity contribution in [2.24, 2.45) is 11.8 Å². The summed E-state index contributed by atoms with van der Waals surface area (Å²) in [7, 11) is 0. The van der Waals surface area contributed by atoms with Gasteiger partial charge < -0.3 is 14.7 Å². The van der Waals surface area contributed by atoms with Gasteiger partial charge in [0.2, 0.25) is 0 Å². The Kier molecular flexibility index (Phi) is 6.09. The highest BCUT2D eigenvalue weighted by atomic mass is 35.5. The molecule has 2 aromatic heterocycles. The molecule has 8 rings (SSSR count). The fourth-order valence-corrected chi connectivity index (χ4v) is 8.36. The van der Waals surface area contributed by atoms with E-state index in [4.69, 9.17) is 21.3 Å². The Morgan fingerprint density at radius 3 is 2.71 bits per heavy atom. The number of halogens is 2. The number of piperidine rings is 1. The van der Waals surface area contributed by atoms with Crippen molar-refractivity contribution in [3.63, 3.8) is 0 Å². The van der Waals surface area contributed by atoms with E-state index in [2.05, 4.69) is 19.8 Å². The van der Waals surface area contributed by atoms with E-state index < -0.39 is 5.82 Å². The maximum atomic E-state index is 16.6. The number of pyridine rings is 1. The van der Waals surface area contributed by atoms with E-state index in [1.54, 1.807) is 6.20 Å². The van der Waals surface area contributed by atoms with Crippen LogP contribution in [0.4, 0.5) is 10.2 Å². The Labute approximate surface area is 243 Å². The molecular formula is C32H33ClFN5O2. The molecule has 4 aliphatic rings. The Morgan fingerprint density at radius 2 is 1.88 bits per heavy atom. The SMILES string of the molecule is O[C@H]1CN2CCC[C@]2(COc2nc(N3CC4CCC(C4)C3)c3cnc(-c4cccc5cccc(Cl)c45)c(F)c3n2)C1. The number of anilines is 1. The average Bonchev–Trinajstić information content (AvgIpc) is 3.62. The third-order valence-electron chi connectivity index (χ3n) is 9.92. The van der Waals surface area contributed by atoms with Gasteiger partial charge in [-0.05, 0) is 68.4 Å². The molecule has 9 heteroatoms. The maximum Gasteiger partial charge on any atom is 0.319 e. The van der Waals surface area contributed by atoms with Crippen LogP contribution in [0.1, 0.15) is 38.5 Å². The third-order valence-corrected chi connectivity index (χ3v) is 10.2. The van der Waals surface area contributed by atoms with Gasteiger partial charge in [0.1, 0.15) is 23.6 Å². The van der Waals surface area contributed by atoms with Gasteiger partial charge in [-0.2, -0.15) is 9.97 Å². The largest absolute Gasteiger partial charge is 0.461 e. The predicted molar refractivity (Wildman–Crippen MR) is 158 cm³/mol. The van der Waals surface area contributed by atoms with Crippen molar-refractivity contribution in [3.05, 3.63) is 53.4 Å². The molecule has 2 bridgehead atoms. The summed E-state index contributed by atoms with van der Waals surface area (Å²) in [4.78, 5) is 18.8. The second-order valence-corrected chi connectivity index (χ2v) is 12.9. The average molecular weight is 574 g/mol. The van der Waals surface area contributed by atoms with Crippen LogP contribution in [-0.2, 0) is 0 Å². The van der Waals surface area contributed by atoms with Gasteiger partial charge in [0.25, 0.3) is 0 Å². The number of hydrogen-bond donors (Lipinski definition) is 1. The molecule has 3 aliphatic heterocycles. The zero-order valence-corrected chi connectivity index (χ0v) is 23.7. The van der Waals surface area contributed by atoms with Crippen molar-refractivity contribution in [3.8, 4) is 17.3 Å². The number of aliphatic hydroxyl groups excluding tert-OH is 1. The highest BCUT2D eigenvalue weighted by molar-refractivity contribution is 6.36. The standard InChI is InChI=1S/C32H33ClFN5O2/c33-25-7-2-5-21-4-1-6-23(26(21)25)28-27(34)29-24(14-35-28)30(38-15-19-8-9-20(12-19)16-38)37-31(36-29)41-18-32-10-3-11-39(32)17-22(40)13-32/h1-2,4-7,14,19-20,22,40H,3,8-13,15-18H2/t19?,20?,22-,32-/m1/s1. The molecule has 0 radical (unpaired) electrons. The van der Waals surface area contributed by atoms with Gasteiger partial charge in [-0.3, -0.25) is 9.88 Å². The van der Waals surface area contributed by atoms with Crippen LogP contribution >= 0.6 is 11.6 Å². The highest BCUT2D eigenvalue weighted by Crippen LogP contribution is 2.42. The smallest absolute Gasteiger partial charge is 0.319 e. The van der Waals surface area contributed by atoms with Gasteiger partial charge in [0.05, 0.1) is 17.0 Å². The van der Waals surface area contributed by atoms with Gasteiger partial charge in [0, 0.05) is 41.8 Å². The Balaban J connectivity index is 1.25. The molecule has 2 aromatic carbocycles. The summed E-state index contributed by atoms with van der Waals surface area (Å²) >= 11 is 6.60. The molecule has 212 valence electrons. The lowest BCUT2D eigenvalue weighted by atomic mass is 9.94. The van der Waals surface area contributed by atoms with Crippen molar-refractivity contribution in [2.45, 2.75) is 50.2 Å². The summed E-state index contributed by atoms with van der Waals surface area (Å²) in [5.41, 5.74) is 0.838. The summed E-state index contributed by atoms with van der Waals surface area (Å²) in [6.07, 6.45) is 7.78. The van der Waals surface area contributed by atoms with E-state index in [0.717, 1.165) is 43.2 Å². The van der Waals surface area contributed by atoms with E-state index in [1.807, 2.05) is 36.4 Å². The number of nitrogens with zero attached hydrogens (tertiary/aromatic N) is 5. The minimum atomic E-state index is -0.500. The van der Waals surface area contributed by atoms with Crippen LogP contribution in [0.2, 0.25) is 5.02 Å². The van der Waals surface area contributed by atoms with Crippen molar-refractivity contribution in [2.75, 3.05) is 37.7 Å². The van der Waals surface area contributed by atoms with E-state index in [1.165, 1.54) is 19.3 Å². The molecule has 0 spiro atoms. The Morgan fingerprint density at radius 1 is 1.07 bits per heavy atom.